The summed E-state index contributed by atoms with van der Waals surface area (Å²) in [5, 5.41) is 0. The Bertz CT molecular complexity index is 458. The first-order valence-corrected chi connectivity index (χ1v) is 6.19. The Morgan fingerprint density at radius 1 is 1.29 bits per heavy atom. The Morgan fingerprint density at radius 2 is 2.06 bits per heavy atom. The van der Waals surface area contributed by atoms with E-state index in [0.717, 1.165) is 30.4 Å². The van der Waals surface area contributed by atoms with Gasteiger partial charge in [0.05, 0.1) is 6.61 Å². The summed E-state index contributed by atoms with van der Waals surface area (Å²) in [6.45, 7) is 4.14. The zero-order valence-corrected chi connectivity index (χ0v) is 10.5. The topological polar surface area (TPSA) is 26.3 Å². The predicted octanol–water partition coefficient (Wildman–Crippen LogP) is 3.36. The molecule has 0 aromatic heterocycles. The molecule has 0 radical (unpaired) electrons. The van der Waals surface area contributed by atoms with Gasteiger partial charge in [-0.05, 0) is 49.8 Å². The van der Waals surface area contributed by atoms with Gasteiger partial charge in [-0.15, -0.1) is 0 Å². The van der Waals surface area contributed by atoms with Gasteiger partial charge in [0, 0.05) is 5.57 Å². The molecule has 0 unspecified atom stereocenters. The van der Waals surface area contributed by atoms with Crippen molar-refractivity contribution in [1.82, 2.24) is 0 Å². The number of ether oxygens (including phenoxy) is 1. The van der Waals surface area contributed by atoms with Crippen molar-refractivity contribution in [1.29, 1.82) is 0 Å². The van der Waals surface area contributed by atoms with E-state index in [4.69, 9.17) is 4.74 Å². The molecule has 0 saturated carbocycles. The van der Waals surface area contributed by atoms with Crippen LogP contribution in [0.5, 0.6) is 0 Å². The number of carbonyl (C=O) groups is 1. The Kier molecular flexibility index (Phi) is 3.62. The molecule has 0 saturated heterocycles. The van der Waals surface area contributed by atoms with Gasteiger partial charge in [-0.3, -0.25) is 0 Å². The summed E-state index contributed by atoms with van der Waals surface area (Å²) >= 11 is 0. The third kappa shape index (κ3) is 2.41. The smallest absolute Gasteiger partial charge is 0.333 e. The molecule has 2 nitrogen and oxygen atoms in total. The average Bonchev–Trinajstić information content (AvgIpc) is 2.37. The molecule has 0 amide bonds. The van der Waals surface area contributed by atoms with Crippen LogP contribution in [-0.2, 0) is 16.0 Å². The highest BCUT2D eigenvalue weighted by Crippen LogP contribution is 2.33. The number of allylic oxidation sites excluding steroid dienone is 1. The molecule has 0 aliphatic heterocycles. The average molecular weight is 230 g/mol. The monoisotopic (exact) mass is 230 g/mol. The number of rotatable bonds is 2. The van der Waals surface area contributed by atoms with E-state index in [-0.39, 0.29) is 5.97 Å². The quantitative estimate of drug-likeness (QED) is 0.575. The Labute approximate surface area is 102 Å². The van der Waals surface area contributed by atoms with Gasteiger partial charge in [-0.25, -0.2) is 4.79 Å². The zero-order valence-electron chi connectivity index (χ0n) is 10.5. The van der Waals surface area contributed by atoms with Crippen molar-refractivity contribution in [2.24, 2.45) is 0 Å². The number of fused-ring (bicyclic) bond motifs is 1. The van der Waals surface area contributed by atoms with Gasteiger partial charge in [-0.2, -0.15) is 0 Å². The van der Waals surface area contributed by atoms with Gasteiger partial charge in [0.1, 0.15) is 0 Å². The molecule has 0 heterocycles. The largest absolute Gasteiger partial charge is 0.463 e. The number of hydrogen-bond donors (Lipinski definition) is 0. The van der Waals surface area contributed by atoms with Gasteiger partial charge in [0.25, 0.3) is 0 Å². The van der Waals surface area contributed by atoms with E-state index >= 15 is 0 Å². The van der Waals surface area contributed by atoms with E-state index in [1.807, 2.05) is 19.9 Å². The van der Waals surface area contributed by atoms with Crippen LogP contribution in [0.15, 0.2) is 29.8 Å². The van der Waals surface area contributed by atoms with E-state index in [2.05, 4.69) is 18.2 Å². The van der Waals surface area contributed by atoms with E-state index < -0.39 is 0 Å². The zero-order chi connectivity index (χ0) is 12.3. The third-order valence-electron chi connectivity index (χ3n) is 3.25. The van der Waals surface area contributed by atoms with Gasteiger partial charge >= 0.3 is 5.97 Å². The van der Waals surface area contributed by atoms with Crippen molar-refractivity contribution in [2.45, 2.75) is 33.1 Å². The number of aryl methyl sites for hydroxylation is 1. The van der Waals surface area contributed by atoms with Crippen molar-refractivity contribution in [2.75, 3.05) is 6.61 Å². The van der Waals surface area contributed by atoms with Gasteiger partial charge < -0.3 is 4.74 Å². The second kappa shape index (κ2) is 5.17. The van der Waals surface area contributed by atoms with Crippen molar-refractivity contribution < 1.29 is 9.53 Å². The van der Waals surface area contributed by atoms with Crippen LogP contribution in [0.2, 0.25) is 0 Å². The molecule has 0 spiro atoms. The molecule has 0 bridgehead atoms. The summed E-state index contributed by atoms with van der Waals surface area (Å²) in [7, 11) is 0. The molecule has 1 aromatic rings. The van der Waals surface area contributed by atoms with Crippen molar-refractivity contribution in [3.8, 4) is 0 Å². The maximum atomic E-state index is 11.8. The highest BCUT2D eigenvalue weighted by molar-refractivity contribution is 5.97. The maximum absolute atomic E-state index is 11.8. The molecule has 0 fully saturated rings. The summed E-state index contributed by atoms with van der Waals surface area (Å²) in [6, 6.07) is 8.34. The van der Waals surface area contributed by atoms with Crippen LogP contribution >= 0.6 is 0 Å². The van der Waals surface area contributed by atoms with Crippen LogP contribution in [0.4, 0.5) is 0 Å². The SMILES string of the molecule is CCOC(=O)/C(C)=C1/CCCc2ccccc21. The lowest BCUT2D eigenvalue weighted by atomic mass is 9.85. The first-order chi connectivity index (χ1) is 8.24. The Morgan fingerprint density at radius 3 is 2.82 bits per heavy atom. The van der Waals surface area contributed by atoms with E-state index in [9.17, 15) is 4.79 Å². The van der Waals surface area contributed by atoms with Gasteiger partial charge in [-0.1, -0.05) is 24.3 Å². The van der Waals surface area contributed by atoms with Crippen LogP contribution in [0.1, 0.15) is 37.8 Å². The number of esters is 1. The Hall–Kier alpha value is -1.57. The molecule has 0 atom stereocenters. The summed E-state index contributed by atoms with van der Waals surface area (Å²) in [5.41, 5.74) is 4.49. The third-order valence-corrected chi connectivity index (χ3v) is 3.25. The first kappa shape index (κ1) is 11.9. The van der Waals surface area contributed by atoms with Crippen LogP contribution in [0, 0.1) is 0 Å². The molecule has 1 aromatic carbocycles. The van der Waals surface area contributed by atoms with Crippen molar-refractivity contribution in [3.05, 3.63) is 41.0 Å². The van der Waals surface area contributed by atoms with Crippen LogP contribution in [-0.4, -0.2) is 12.6 Å². The van der Waals surface area contributed by atoms with Crippen LogP contribution in [0.25, 0.3) is 5.57 Å². The molecule has 2 rings (SSSR count). The summed E-state index contributed by atoms with van der Waals surface area (Å²) in [6.07, 6.45) is 3.19. The first-order valence-electron chi connectivity index (χ1n) is 6.19. The molecule has 90 valence electrons. The minimum Gasteiger partial charge on any atom is -0.463 e. The lowest BCUT2D eigenvalue weighted by Crippen LogP contribution is -2.10. The number of benzene rings is 1. The molecule has 17 heavy (non-hydrogen) atoms. The Balaban J connectivity index is 2.40. The normalized spacial score (nSPS) is 17.3. The van der Waals surface area contributed by atoms with Crippen LogP contribution in [0.3, 0.4) is 0 Å². The molecule has 0 N–H and O–H groups in total. The lowest BCUT2D eigenvalue weighted by Gasteiger charge is -2.20. The minimum atomic E-state index is -0.181. The van der Waals surface area contributed by atoms with Gasteiger partial charge in [0.2, 0.25) is 0 Å². The van der Waals surface area contributed by atoms with Crippen molar-refractivity contribution >= 4 is 11.5 Å². The molecule has 1 aliphatic carbocycles. The lowest BCUT2D eigenvalue weighted by molar-refractivity contribution is -0.138. The van der Waals surface area contributed by atoms with E-state index in [0.29, 0.717) is 6.61 Å². The summed E-state index contributed by atoms with van der Waals surface area (Å²) in [4.78, 5) is 11.8. The number of carbonyl (C=O) groups excluding carboxylic acids is 1. The fourth-order valence-electron chi connectivity index (χ4n) is 2.38. The second-order valence-electron chi connectivity index (χ2n) is 4.33. The number of hydrogen-bond acceptors (Lipinski definition) is 2. The molecular formula is C15H18O2. The van der Waals surface area contributed by atoms with Crippen molar-refractivity contribution in [3.63, 3.8) is 0 Å². The molecular weight excluding hydrogens is 212 g/mol. The van der Waals surface area contributed by atoms with Gasteiger partial charge in [0.15, 0.2) is 0 Å². The van der Waals surface area contributed by atoms with Crippen LogP contribution < -0.4 is 0 Å². The fourth-order valence-corrected chi connectivity index (χ4v) is 2.38. The minimum absolute atomic E-state index is 0.181. The summed E-state index contributed by atoms with van der Waals surface area (Å²) < 4.78 is 5.08. The maximum Gasteiger partial charge on any atom is 0.333 e. The highest BCUT2D eigenvalue weighted by atomic mass is 16.5. The highest BCUT2D eigenvalue weighted by Gasteiger charge is 2.19. The molecule has 2 heteroatoms. The predicted molar refractivity (Wildman–Crippen MR) is 68.6 cm³/mol. The molecule has 1 aliphatic rings. The van der Waals surface area contributed by atoms with E-state index in [1.54, 1.807) is 0 Å². The van der Waals surface area contributed by atoms with E-state index in [1.165, 1.54) is 11.1 Å². The second-order valence-corrected chi connectivity index (χ2v) is 4.33. The fraction of sp³-hybridized carbons (Fsp3) is 0.400. The standard InChI is InChI=1S/C15H18O2/c1-3-17-15(16)11(2)13-10-6-8-12-7-4-5-9-14(12)13/h4-5,7,9H,3,6,8,10H2,1-2H3/b13-11-. The summed E-state index contributed by atoms with van der Waals surface area (Å²) in [5.74, 6) is -0.181.